The molecule has 1 nitrogen and oxygen atoms in total. The van der Waals surface area contributed by atoms with Crippen LogP contribution in [0.15, 0.2) is 18.2 Å². The van der Waals surface area contributed by atoms with Crippen LogP contribution < -0.4 is 4.74 Å². The van der Waals surface area contributed by atoms with Gasteiger partial charge in [-0.2, -0.15) is 0 Å². The summed E-state index contributed by atoms with van der Waals surface area (Å²) < 4.78 is 19.2. The predicted molar refractivity (Wildman–Crippen MR) is 114 cm³/mol. The molecule has 0 N–H and O–H groups in total. The van der Waals surface area contributed by atoms with Crippen molar-refractivity contribution in [2.45, 2.75) is 89.9 Å². The molecule has 1 aromatic rings. The first-order chi connectivity index (χ1) is 13.7. The van der Waals surface area contributed by atoms with Crippen molar-refractivity contribution in [1.29, 1.82) is 0 Å². The van der Waals surface area contributed by atoms with Gasteiger partial charge >= 0.3 is 0 Å². The van der Waals surface area contributed by atoms with Gasteiger partial charge in [-0.15, -0.1) is 0 Å². The topological polar surface area (TPSA) is 9.23 Å². The highest BCUT2D eigenvalue weighted by atomic mass is 19.1. The van der Waals surface area contributed by atoms with Crippen molar-refractivity contribution in [3.63, 3.8) is 0 Å². The molecule has 0 amide bonds. The Labute approximate surface area is 171 Å². The van der Waals surface area contributed by atoms with E-state index >= 15 is 0 Å². The monoisotopic (exact) mass is 386 g/mol. The van der Waals surface area contributed by atoms with Gasteiger partial charge < -0.3 is 4.74 Å². The normalized spacial score (nSPS) is 36.0. The minimum atomic E-state index is -0.209. The summed E-state index contributed by atoms with van der Waals surface area (Å²) in [6.45, 7) is 2.35. The second kappa shape index (κ2) is 9.18. The summed E-state index contributed by atoms with van der Waals surface area (Å²) in [5, 5.41) is 0. The van der Waals surface area contributed by atoms with E-state index in [1.165, 1.54) is 89.7 Å². The number of fused-ring (bicyclic) bond motifs is 1. The summed E-state index contributed by atoms with van der Waals surface area (Å²) in [5.74, 6) is 5.69. The predicted octanol–water partition coefficient (Wildman–Crippen LogP) is 7.74. The Hall–Kier alpha value is -1.05. The number of hydrogen-bond donors (Lipinski definition) is 0. The van der Waals surface area contributed by atoms with Crippen LogP contribution in [-0.4, -0.2) is 7.11 Å². The Morgan fingerprint density at radius 2 is 1.50 bits per heavy atom. The van der Waals surface area contributed by atoms with E-state index in [2.05, 4.69) is 13.0 Å². The molecule has 0 heterocycles. The minimum Gasteiger partial charge on any atom is -0.494 e. The lowest BCUT2D eigenvalue weighted by Gasteiger charge is -2.45. The standard InChI is InChI=1S/C26H39FO/c1-3-4-18-5-6-23-16-22(12-11-21(23)15-18)19-7-9-20(10-8-19)24-13-14-26(28-2)25(27)17-24/h13-14,17-23H,3-12,15-16H2,1-2H3. The summed E-state index contributed by atoms with van der Waals surface area (Å²) >= 11 is 0. The molecule has 3 aliphatic carbocycles. The van der Waals surface area contributed by atoms with E-state index in [0.717, 1.165) is 29.6 Å². The summed E-state index contributed by atoms with van der Waals surface area (Å²) in [5.41, 5.74) is 1.18. The quantitative estimate of drug-likeness (QED) is 0.503. The Bertz CT molecular complexity index is 633. The zero-order chi connectivity index (χ0) is 19.5. The van der Waals surface area contributed by atoms with E-state index in [1.807, 2.05) is 0 Å². The van der Waals surface area contributed by atoms with Gasteiger partial charge in [-0.3, -0.25) is 0 Å². The van der Waals surface area contributed by atoms with Crippen LogP contribution in [0.2, 0.25) is 0 Å². The molecule has 0 aliphatic heterocycles. The zero-order valence-corrected chi connectivity index (χ0v) is 18.0. The van der Waals surface area contributed by atoms with Crippen LogP contribution in [0.5, 0.6) is 5.75 Å². The average Bonchev–Trinajstić information content (AvgIpc) is 2.73. The molecule has 0 aromatic heterocycles. The zero-order valence-electron chi connectivity index (χ0n) is 18.0. The molecule has 0 radical (unpaired) electrons. The number of rotatable bonds is 5. The Morgan fingerprint density at radius 1 is 0.857 bits per heavy atom. The maximum absolute atomic E-state index is 14.1. The van der Waals surface area contributed by atoms with Crippen LogP contribution in [0.4, 0.5) is 4.39 Å². The Balaban J connectivity index is 1.28. The molecule has 3 aliphatic rings. The molecule has 2 heteroatoms. The van der Waals surface area contributed by atoms with E-state index < -0.39 is 0 Å². The third kappa shape index (κ3) is 4.41. The fraction of sp³-hybridized carbons (Fsp3) is 0.769. The molecule has 28 heavy (non-hydrogen) atoms. The van der Waals surface area contributed by atoms with Crippen LogP contribution in [0.3, 0.4) is 0 Å². The highest BCUT2D eigenvalue weighted by Crippen LogP contribution is 2.50. The number of hydrogen-bond acceptors (Lipinski definition) is 1. The Morgan fingerprint density at radius 3 is 2.18 bits per heavy atom. The van der Waals surface area contributed by atoms with Crippen LogP contribution in [0.25, 0.3) is 0 Å². The molecule has 0 saturated heterocycles. The summed E-state index contributed by atoms with van der Waals surface area (Å²) in [4.78, 5) is 0. The first-order valence-corrected chi connectivity index (χ1v) is 12.0. The molecule has 0 spiro atoms. The van der Waals surface area contributed by atoms with Crippen LogP contribution in [-0.2, 0) is 0 Å². The van der Waals surface area contributed by atoms with Gasteiger partial charge in [0.25, 0.3) is 0 Å². The maximum Gasteiger partial charge on any atom is 0.165 e. The highest BCUT2D eigenvalue weighted by Gasteiger charge is 2.38. The third-order valence-corrected chi connectivity index (χ3v) is 8.54. The minimum absolute atomic E-state index is 0.209. The summed E-state index contributed by atoms with van der Waals surface area (Å²) in [6, 6.07) is 5.59. The molecular formula is C26H39FO. The van der Waals surface area contributed by atoms with Crippen molar-refractivity contribution in [3.8, 4) is 5.75 Å². The fourth-order valence-electron chi connectivity index (χ4n) is 6.98. The Kier molecular flexibility index (Phi) is 6.63. The van der Waals surface area contributed by atoms with E-state index in [0.29, 0.717) is 11.7 Å². The molecule has 156 valence electrons. The number of methoxy groups -OCH3 is 1. The van der Waals surface area contributed by atoms with Crippen molar-refractivity contribution in [1.82, 2.24) is 0 Å². The lowest BCUT2D eigenvalue weighted by atomic mass is 9.60. The summed E-state index contributed by atoms with van der Waals surface area (Å²) in [6.07, 6.45) is 17.0. The van der Waals surface area contributed by atoms with Gasteiger partial charge in [0.1, 0.15) is 0 Å². The second-order valence-corrected chi connectivity index (χ2v) is 10.1. The lowest BCUT2D eigenvalue weighted by Crippen LogP contribution is -2.34. The molecule has 0 bridgehead atoms. The molecule has 4 atom stereocenters. The van der Waals surface area contributed by atoms with Crippen molar-refractivity contribution >= 4 is 0 Å². The number of ether oxygens (including phenoxy) is 1. The van der Waals surface area contributed by atoms with Crippen molar-refractivity contribution in [2.24, 2.45) is 29.6 Å². The second-order valence-electron chi connectivity index (χ2n) is 10.1. The van der Waals surface area contributed by atoms with Gasteiger partial charge in [0, 0.05) is 0 Å². The first-order valence-electron chi connectivity index (χ1n) is 12.0. The van der Waals surface area contributed by atoms with E-state index in [9.17, 15) is 4.39 Å². The van der Waals surface area contributed by atoms with Crippen LogP contribution >= 0.6 is 0 Å². The maximum atomic E-state index is 14.1. The van der Waals surface area contributed by atoms with Crippen LogP contribution in [0, 0.1) is 35.4 Å². The van der Waals surface area contributed by atoms with E-state index in [4.69, 9.17) is 4.74 Å². The summed E-state index contributed by atoms with van der Waals surface area (Å²) in [7, 11) is 1.54. The number of benzene rings is 1. The van der Waals surface area contributed by atoms with Crippen molar-refractivity contribution < 1.29 is 9.13 Å². The largest absolute Gasteiger partial charge is 0.494 e. The molecule has 4 rings (SSSR count). The van der Waals surface area contributed by atoms with E-state index in [1.54, 1.807) is 12.1 Å². The van der Waals surface area contributed by atoms with E-state index in [-0.39, 0.29) is 5.82 Å². The first kappa shape index (κ1) is 20.2. The number of halogens is 1. The highest BCUT2D eigenvalue weighted by molar-refractivity contribution is 5.31. The average molecular weight is 387 g/mol. The fourth-order valence-corrected chi connectivity index (χ4v) is 6.98. The molecule has 3 saturated carbocycles. The van der Waals surface area contributed by atoms with Gasteiger partial charge in [-0.05, 0) is 111 Å². The van der Waals surface area contributed by atoms with Crippen molar-refractivity contribution in [2.75, 3.05) is 7.11 Å². The van der Waals surface area contributed by atoms with Gasteiger partial charge in [0.15, 0.2) is 11.6 Å². The van der Waals surface area contributed by atoms with Gasteiger partial charge in [0.05, 0.1) is 7.11 Å². The smallest absolute Gasteiger partial charge is 0.165 e. The van der Waals surface area contributed by atoms with Crippen molar-refractivity contribution in [3.05, 3.63) is 29.6 Å². The molecular weight excluding hydrogens is 347 g/mol. The van der Waals surface area contributed by atoms with Gasteiger partial charge in [0.2, 0.25) is 0 Å². The SMILES string of the molecule is CCCC1CCC2CC(C3CCC(c4ccc(OC)c(F)c4)CC3)CCC2C1. The lowest BCUT2D eigenvalue weighted by molar-refractivity contribution is 0.0618. The molecule has 1 aromatic carbocycles. The third-order valence-electron chi connectivity index (χ3n) is 8.54. The van der Waals surface area contributed by atoms with Gasteiger partial charge in [-0.1, -0.05) is 32.3 Å². The van der Waals surface area contributed by atoms with Crippen LogP contribution in [0.1, 0.15) is 95.5 Å². The van der Waals surface area contributed by atoms with Gasteiger partial charge in [-0.25, -0.2) is 4.39 Å². The molecule has 3 fully saturated rings. The molecule has 4 unspecified atom stereocenters.